The van der Waals surface area contributed by atoms with Crippen molar-refractivity contribution >= 4 is 17.6 Å². The largest absolute Gasteiger partial charge is 0.456 e. The molecule has 2 amide bonds. The second-order valence-corrected chi connectivity index (χ2v) is 13.9. The summed E-state index contributed by atoms with van der Waals surface area (Å²) < 4.78 is 73.8. The summed E-state index contributed by atoms with van der Waals surface area (Å²) in [5, 5.41) is 16.2. The van der Waals surface area contributed by atoms with Crippen molar-refractivity contribution in [3.05, 3.63) is 88.1 Å². The third-order valence-corrected chi connectivity index (χ3v) is 9.45. The third kappa shape index (κ3) is 7.93. The SMILES string of the molecule is Cc1cc(C(F)(F)F)cc(C(C)(C)NC(=O)CC2(NC(=O)C3=C=COC(c4ccc(F)cc4F)=C3)CC(C3CCC(C)(O)CC3)C2)n1. The number of benzene rings is 1. The van der Waals surface area contributed by atoms with Crippen molar-refractivity contribution in [2.75, 3.05) is 0 Å². The number of alkyl halides is 3. The van der Waals surface area contributed by atoms with Crippen molar-refractivity contribution in [1.29, 1.82) is 0 Å². The Morgan fingerprint density at radius 1 is 1.09 bits per heavy atom. The number of nitrogens with zero attached hydrogens (tertiary/aromatic N) is 1. The van der Waals surface area contributed by atoms with E-state index in [1.54, 1.807) is 13.8 Å². The monoisotopic (exact) mass is 659 g/mol. The Bertz CT molecular complexity index is 1660. The van der Waals surface area contributed by atoms with Crippen molar-refractivity contribution in [2.24, 2.45) is 11.8 Å². The van der Waals surface area contributed by atoms with Crippen LogP contribution in [0.5, 0.6) is 0 Å². The van der Waals surface area contributed by atoms with Gasteiger partial charge >= 0.3 is 6.18 Å². The molecule has 1 aromatic carbocycles. The van der Waals surface area contributed by atoms with E-state index in [1.165, 1.54) is 19.1 Å². The highest BCUT2D eigenvalue weighted by atomic mass is 19.4. The van der Waals surface area contributed by atoms with Crippen LogP contribution < -0.4 is 10.6 Å². The maximum Gasteiger partial charge on any atom is 0.416 e. The van der Waals surface area contributed by atoms with E-state index in [1.807, 2.05) is 6.92 Å². The Morgan fingerprint density at radius 2 is 1.77 bits per heavy atom. The van der Waals surface area contributed by atoms with E-state index in [4.69, 9.17) is 4.74 Å². The fraction of sp³-hybridized carbons (Fsp3) is 0.486. The van der Waals surface area contributed by atoms with Crippen LogP contribution in [0.3, 0.4) is 0 Å². The van der Waals surface area contributed by atoms with Crippen molar-refractivity contribution in [3.63, 3.8) is 0 Å². The van der Waals surface area contributed by atoms with E-state index in [-0.39, 0.29) is 40.6 Å². The highest BCUT2D eigenvalue weighted by molar-refractivity contribution is 5.99. The highest BCUT2D eigenvalue weighted by Gasteiger charge is 2.50. The molecule has 47 heavy (non-hydrogen) atoms. The minimum atomic E-state index is -4.59. The molecule has 12 heteroatoms. The molecule has 7 nitrogen and oxygen atoms in total. The number of aryl methyl sites for hydroxylation is 1. The lowest BCUT2D eigenvalue weighted by atomic mass is 9.58. The molecule has 3 N–H and O–H groups in total. The minimum Gasteiger partial charge on any atom is -0.456 e. The molecule has 3 aliphatic rings. The van der Waals surface area contributed by atoms with Crippen LogP contribution in [0.25, 0.3) is 5.76 Å². The molecule has 0 radical (unpaired) electrons. The lowest BCUT2D eigenvalue weighted by molar-refractivity contribution is -0.137. The van der Waals surface area contributed by atoms with Gasteiger partial charge in [-0.05, 0) is 102 Å². The number of halogens is 5. The molecule has 0 saturated heterocycles. The Hall–Kier alpha value is -4.02. The number of hydrogen-bond donors (Lipinski definition) is 3. The Labute approximate surface area is 270 Å². The molecule has 2 aliphatic carbocycles. The summed E-state index contributed by atoms with van der Waals surface area (Å²) in [6.45, 7) is 6.39. The van der Waals surface area contributed by atoms with Gasteiger partial charge in [-0.3, -0.25) is 14.6 Å². The van der Waals surface area contributed by atoms with Gasteiger partial charge in [0.15, 0.2) is 0 Å². The number of amides is 2. The predicted molar refractivity (Wildman–Crippen MR) is 163 cm³/mol. The molecule has 0 bridgehead atoms. The summed E-state index contributed by atoms with van der Waals surface area (Å²) in [5.41, 5.74) is -0.998. The lowest BCUT2D eigenvalue weighted by Crippen LogP contribution is -2.61. The number of hydrogen-bond acceptors (Lipinski definition) is 5. The Balaban J connectivity index is 1.35. The van der Waals surface area contributed by atoms with Gasteiger partial charge in [-0.15, -0.1) is 0 Å². The van der Waals surface area contributed by atoms with E-state index >= 15 is 0 Å². The summed E-state index contributed by atoms with van der Waals surface area (Å²) in [6, 6.07) is 4.81. The van der Waals surface area contributed by atoms with E-state index in [0.29, 0.717) is 37.7 Å². The average Bonchev–Trinajstić information content (AvgIpc) is 2.94. The smallest absolute Gasteiger partial charge is 0.416 e. The first-order chi connectivity index (χ1) is 21.8. The van der Waals surface area contributed by atoms with Crippen LogP contribution in [-0.4, -0.2) is 33.0 Å². The first kappa shape index (κ1) is 34.3. The van der Waals surface area contributed by atoms with Crippen LogP contribution in [0.1, 0.15) is 88.2 Å². The number of carbonyl (C=O) groups excluding carboxylic acids is 2. The number of pyridine rings is 1. The zero-order valence-electron chi connectivity index (χ0n) is 26.7. The van der Waals surface area contributed by atoms with Crippen LogP contribution in [-0.2, 0) is 26.0 Å². The average molecular weight is 660 g/mol. The quantitative estimate of drug-likeness (QED) is 0.215. The zero-order valence-corrected chi connectivity index (χ0v) is 26.7. The summed E-state index contributed by atoms with van der Waals surface area (Å²) in [6.07, 6.45) is 1.48. The topological polar surface area (TPSA) is 101 Å². The molecule has 2 saturated carbocycles. The molecular weight excluding hydrogens is 621 g/mol. The summed E-state index contributed by atoms with van der Waals surface area (Å²) in [5.74, 6) is -2.26. The molecular formula is C35H38F5N3O4. The number of nitrogens with one attached hydrogen (secondary N) is 2. The van der Waals surface area contributed by atoms with Gasteiger partial charge in [0.2, 0.25) is 5.91 Å². The highest BCUT2D eigenvalue weighted by Crippen LogP contribution is 2.50. The summed E-state index contributed by atoms with van der Waals surface area (Å²) >= 11 is 0. The molecule has 1 aromatic heterocycles. The van der Waals surface area contributed by atoms with Gasteiger partial charge in [-0.1, -0.05) is 5.73 Å². The maximum absolute atomic E-state index is 14.4. The van der Waals surface area contributed by atoms with Gasteiger partial charge in [0, 0.05) is 29.8 Å². The molecule has 2 fully saturated rings. The fourth-order valence-electron chi connectivity index (χ4n) is 6.85. The number of carbonyl (C=O) groups is 2. The summed E-state index contributed by atoms with van der Waals surface area (Å²) in [7, 11) is 0. The number of aliphatic hydroxyl groups is 1. The molecule has 0 atom stereocenters. The predicted octanol–water partition coefficient (Wildman–Crippen LogP) is 6.74. The lowest BCUT2D eigenvalue weighted by Gasteiger charge is -2.52. The minimum absolute atomic E-state index is 0.0101. The van der Waals surface area contributed by atoms with Crippen LogP contribution in [0.2, 0.25) is 0 Å². The number of aromatic nitrogens is 1. The van der Waals surface area contributed by atoms with Crippen molar-refractivity contribution in [2.45, 2.75) is 95.5 Å². The van der Waals surface area contributed by atoms with E-state index in [9.17, 15) is 36.6 Å². The van der Waals surface area contributed by atoms with Crippen LogP contribution >= 0.6 is 0 Å². The fourth-order valence-corrected chi connectivity index (χ4v) is 6.85. The normalized spacial score (nSPS) is 26.0. The van der Waals surface area contributed by atoms with Gasteiger partial charge in [-0.25, -0.2) is 8.78 Å². The molecule has 5 rings (SSSR count). The number of rotatable bonds is 8. The van der Waals surface area contributed by atoms with Crippen molar-refractivity contribution < 1.29 is 41.4 Å². The Morgan fingerprint density at radius 3 is 2.40 bits per heavy atom. The van der Waals surface area contributed by atoms with Crippen molar-refractivity contribution in [3.8, 4) is 0 Å². The van der Waals surface area contributed by atoms with Crippen molar-refractivity contribution in [1.82, 2.24) is 15.6 Å². The molecule has 0 spiro atoms. The molecule has 0 unspecified atom stereocenters. The van der Waals surface area contributed by atoms with Gasteiger partial charge in [0.25, 0.3) is 5.91 Å². The van der Waals surface area contributed by atoms with Gasteiger partial charge in [0.05, 0.1) is 33.5 Å². The van der Waals surface area contributed by atoms with Crippen LogP contribution in [0, 0.1) is 30.4 Å². The molecule has 2 heterocycles. The van der Waals surface area contributed by atoms with Crippen LogP contribution in [0.15, 0.2) is 54.0 Å². The second kappa shape index (κ2) is 12.5. The molecule has 1 aliphatic heterocycles. The second-order valence-electron chi connectivity index (χ2n) is 13.9. The molecule has 2 aromatic rings. The van der Waals surface area contributed by atoms with E-state index < -0.39 is 51.9 Å². The van der Waals surface area contributed by atoms with Gasteiger partial charge in [0.1, 0.15) is 23.7 Å². The zero-order chi connectivity index (χ0) is 34.4. The first-order valence-electron chi connectivity index (χ1n) is 15.6. The maximum atomic E-state index is 14.4. The van der Waals surface area contributed by atoms with Gasteiger partial charge in [-0.2, -0.15) is 13.2 Å². The third-order valence-electron chi connectivity index (χ3n) is 9.45. The molecule has 252 valence electrons. The van der Waals surface area contributed by atoms with E-state index in [2.05, 4.69) is 21.3 Å². The number of ether oxygens (including phenoxy) is 1. The standard InChI is InChI=1S/C35H38F5N3O4/c1-20-13-24(35(38,39)40)15-29(41-20)32(2,3)42-30(44)19-34(17-23(18-34)21-7-10-33(4,46)11-8-21)43-31(45)22-9-12-47-28(14-22)26-6-5-25(36)16-27(26)37/h5-6,12-16,21,23,46H,7-8,10-11,17-19H2,1-4H3,(H,42,44)(H,43,45). The first-order valence-corrected chi connectivity index (χ1v) is 15.6. The van der Waals surface area contributed by atoms with Gasteiger partial charge < -0.3 is 20.5 Å². The van der Waals surface area contributed by atoms with E-state index in [0.717, 1.165) is 37.3 Å². The Kier molecular flexibility index (Phi) is 9.16. The summed E-state index contributed by atoms with van der Waals surface area (Å²) in [4.78, 5) is 31.4. The van der Waals surface area contributed by atoms with Crippen LogP contribution in [0.4, 0.5) is 22.0 Å².